The fourth-order valence-corrected chi connectivity index (χ4v) is 1.77. The van der Waals surface area contributed by atoms with Gasteiger partial charge in [-0.3, -0.25) is 0 Å². The molecule has 106 valence electrons. The highest BCUT2D eigenvalue weighted by Crippen LogP contribution is 2.18. The smallest absolute Gasteiger partial charge is 0.435 e. The van der Waals surface area contributed by atoms with E-state index in [1.165, 1.54) is 5.56 Å². The van der Waals surface area contributed by atoms with Crippen LogP contribution in [-0.4, -0.2) is 19.4 Å². The third-order valence-corrected chi connectivity index (χ3v) is 2.75. The van der Waals surface area contributed by atoms with Crippen LogP contribution in [0.15, 0.2) is 54.6 Å². The summed E-state index contributed by atoms with van der Waals surface area (Å²) in [7, 11) is 0. The first kappa shape index (κ1) is 14.7. The van der Waals surface area contributed by atoms with Crippen molar-refractivity contribution in [1.29, 1.82) is 0 Å². The summed E-state index contributed by atoms with van der Waals surface area (Å²) in [6.45, 7) is 2.05. The average molecular weight is 280 g/mol. The van der Waals surface area contributed by atoms with Crippen LogP contribution >= 0.6 is 0 Å². The van der Waals surface area contributed by atoms with Crippen molar-refractivity contribution in [2.45, 2.75) is 6.92 Å². The Morgan fingerprint density at radius 3 is 2.29 bits per heavy atom. The molecule has 0 saturated carbocycles. The van der Waals surface area contributed by atoms with Crippen LogP contribution in [0.5, 0.6) is 0 Å². The van der Waals surface area contributed by atoms with E-state index in [-0.39, 0.29) is 6.61 Å². The van der Waals surface area contributed by atoms with Gasteiger partial charge in [-0.2, -0.15) is 0 Å². The van der Waals surface area contributed by atoms with Crippen molar-refractivity contribution in [2.75, 3.05) is 13.2 Å². The summed E-state index contributed by atoms with van der Waals surface area (Å²) in [4.78, 5) is 10.9. The number of carbonyl (C=O) groups is 1. The predicted molar refractivity (Wildman–Crippen MR) is 81.7 cm³/mol. The van der Waals surface area contributed by atoms with Crippen molar-refractivity contribution in [3.63, 3.8) is 0 Å². The lowest BCUT2D eigenvalue weighted by Crippen LogP contribution is -2.06. The molecule has 0 N–H and O–H groups in total. The Hall–Kier alpha value is -2.73. The van der Waals surface area contributed by atoms with E-state index >= 15 is 0 Å². The zero-order chi connectivity index (χ0) is 14.9. The maximum absolute atomic E-state index is 10.9. The van der Waals surface area contributed by atoms with Crippen molar-refractivity contribution in [3.8, 4) is 23.0 Å². The molecule has 3 heteroatoms. The first-order valence-electron chi connectivity index (χ1n) is 6.73. The quantitative estimate of drug-likeness (QED) is 0.632. The Labute approximate surface area is 124 Å². The fraction of sp³-hybridized carbons (Fsp3) is 0.167. The van der Waals surface area contributed by atoms with Crippen LogP contribution in [0.4, 0.5) is 4.79 Å². The SMILES string of the molecule is CCOC(=O)OCC#Cc1ccc(-c2ccccc2)cc1. The van der Waals surface area contributed by atoms with Crippen LogP contribution in [0.1, 0.15) is 12.5 Å². The molecule has 0 atom stereocenters. The van der Waals surface area contributed by atoms with Gasteiger partial charge in [0, 0.05) is 5.56 Å². The zero-order valence-electron chi connectivity index (χ0n) is 11.8. The van der Waals surface area contributed by atoms with Gasteiger partial charge in [-0.05, 0) is 30.2 Å². The molecule has 0 unspecified atom stereocenters. The van der Waals surface area contributed by atoms with Gasteiger partial charge in [0.2, 0.25) is 0 Å². The van der Waals surface area contributed by atoms with Gasteiger partial charge in [0.05, 0.1) is 6.61 Å². The number of rotatable bonds is 3. The van der Waals surface area contributed by atoms with Crippen LogP contribution < -0.4 is 0 Å². The first-order chi connectivity index (χ1) is 10.3. The molecule has 0 fully saturated rings. The molecule has 21 heavy (non-hydrogen) atoms. The topological polar surface area (TPSA) is 35.5 Å². The van der Waals surface area contributed by atoms with Gasteiger partial charge in [-0.25, -0.2) is 4.79 Å². The lowest BCUT2D eigenvalue weighted by molar-refractivity contribution is 0.0687. The van der Waals surface area contributed by atoms with Crippen LogP contribution in [0, 0.1) is 11.8 Å². The first-order valence-corrected chi connectivity index (χ1v) is 6.73. The van der Waals surface area contributed by atoms with E-state index in [2.05, 4.69) is 28.7 Å². The number of hydrogen-bond donors (Lipinski definition) is 0. The fourth-order valence-electron chi connectivity index (χ4n) is 1.77. The second kappa shape index (κ2) is 7.76. The second-order valence-electron chi connectivity index (χ2n) is 4.22. The van der Waals surface area contributed by atoms with Crippen LogP contribution in [0.2, 0.25) is 0 Å². The van der Waals surface area contributed by atoms with E-state index in [4.69, 9.17) is 4.74 Å². The molecule has 0 aliphatic heterocycles. The van der Waals surface area contributed by atoms with Gasteiger partial charge in [0.1, 0.15) is 0 Å². The Bertz CT molecular complexity index is 634. The normalized spacial score (nSPS) is 9.38. The maximum atomic E-state index is 10.9. The lowest BCUT2D eigenvalue weighted by atomic mass is 10.0. The summed E-state index contributed by atoms with van der Waals surface area (Å²) < 4.78 is 9.39. The van der Waals surface area contributed by atoms with Gasteiger partial charge < -0.3 is 9.47 Å². The third-order valence-electron chi connectivity index (χ3n) is 2.75. The van der Waals surface area contributed by atoms with E-state index < -0.39 is 6.16 Å². The highest BCUT2D eigenvalue weighted by Gasteiger charge is 1.98. The van der Waals surface area contributed by atoms with Crippen LogP contribution in [0.25, 0.3) is 11.1 Å². The minimum Gasteiger partial charge on any atom is -0.435 e. The molecular formula is C18H16O3. The Morgan fingerprint density at radius 1 is 0.952 bits per heavy atom. The Kier molecular flexibility index (Phi) is 5.42. The largest absolute Gasteiger partial charge is 0.509 e. The van der Waals surface area contributed by atoms with Crippen molar-refractivity contribution < 1.29 is 14.3 Å². The highest BCUT2D eigenvalue weighted by atomic mass is 16.7. The number of benzene rings is 2. The molecule has 0 aromatic heterocycles. The second-order valence-corrected chi connectivity index (χ2v) is 4.22. The van der Waals surface area contributed by atoms with E-state index in [1.54, 1.807) is 6.92 Å². The maximum Gasteiger partial charge on any atom is 0.509 e. The monoisotopic (exact) mass is 280 g/mol. The molecule has 0 bridgehead atoms. The van der Waals surface area contributed by atoms with Gasteiger partial charge in [0.15, 0.2) is 6.61 Å². The summed E-state index contributed by atoms with van der Waals surface area (Å²) in [6.07, 6.45) is -0.689. The van der Waals surface area contributed by atoms with Gasteiger partial charge in [-0.15, -0.1) is 0 Å². The van der Waals surface area contributed by atoms with Gasteiger partial charge in [0.25, 0.3) is 0 Å². The molecule has 0 amide bonds. The molecule has 2 aromatic rings. The van der Waals surface area contributed by atoms with Crippen molar-refractivity contribution in [2.24, 2.45) is 0 Å². The Morgan fingerprint density at radius 2 is 1.62 bits per heavy atom. The average Bonchev–Trinajstić information content (AvgIpc) is 2.53. The minimum atomic E-state index is -0.689. The summed E-state index contributed by atoms with van der Waals surface area (Å²) in [5.74, 6) is 5.72. The highest BCUT2D eigenvalue weighted by molar-refractivity contribution is 5.64. The van der Waals surface area contributed by atoms with Crippen molar-refractivity contribution >= 4 is 6.16 Å². The number of carbonyl (C=O) groups excluding carboxylic acids is 1. The summed E-state index contributed by atoms with van der Waals surface area (Å²) in [5, 5.41) is 0. The third kappa shape index (κ3) is 4.70. The Balaban J connectivity index is 1.93. The summed E-state index contributed by atoms with van der Waals surface area (Å²) in [5.41, 5.74) is 3.19. The molecule has 2 rings (SSSR count). The summed E-state index contributed by atoms with van der Waals surface area (Å²) >= 11 is 0. The van der Waals surface area contributed by atoms with E-state index in [1.807, 2.05) is 42.5 Å². The van der Waals surface area contributed by atoms with Gasteiger partial charge in [-0.1, -0.05) is 54.3 Å². The summed E-state index contributed by atoms with van der Waals surface area (Å²) in [6, 6.07) is 18.1. The number of hydrogen-bond acceptors (Lipinski definition) is 3. The predicted octanol–water partition coefficient (Wildman–Crippen LogP) is 3.88. The van der Waals surface area contributed by atoms with Crippen molar-refractivity contribution in [3.05, 3.63) is 60.2 Å². The van der Waals surface area contributed by atoms with Crippen LogP contribution in [0.3, 0.4) is 0 Å². The molecule has 0 heterocycles. The van der Waals surface area contributed by atoms with Crippen molar-refractivity contribution in [1.82, 2.24) is 0 Å². The molecule has 3 nitrogen and oxygen atoms in total. The van der Waals surface area contributed by atoms with Gasteiger partial charge >= 0.3 is 6.16 Å². The molecular weight excluding hydrogens is 264 g/mol. The van der Waals surface area contributed by atoms with E-state index in [0.29, 0.717) is 6.61 Å². The molecule has 2 aromatic carbocycles. The zero-order valence-corrected chi connectivity index (χ0v) is 11.8. The minimum absolute atomic E-state index is 0.0271. The molecule has 0 saturated heterocycles. The molecule has 0 radical (unpaired) electrons. The van der Waals surface area contributed by atoms with E-state index in [0.717, 1.165) is 11.1 Å². The van der Waals surface area contributed by atoms with E-state index in [9.17, 15) is 4.79 Å². The molecule has 0 aliphatic rings. The van der Waals surface area contributed by atoms with Crippen LogP contribution in [-0.2, 0) is 9.47 Å². The molecule has 0 spiro atoms. The standard InChI is InChI=1S/C18H16O3/c1-2-20-18(19)21-14-6-7-15-10-12-17(13-11-15)16-8-4-3-5-9-16/h3-5,8-13H,2,14H2,1H3. The lowest BCUT2D eigenvalue weighted by Gasteiger charge is -2.01. The number of ether oxygens (including phenoxy) is 2. The molecule has 0 aliphatic carbocycles.